The molecular formula is C17H26N2O4. The molecule has 1 aromatic carbocycles. The second-order valence-electron chi connectivity index (χ2n) is 5.42. The molecule has 1 aromatic rings. The molecule has 0 heterocycles. The van der Waals surface area contributed by atoms with E-state index in [4.69, 9.17) is 9.47 Å². The van der Waals surface area contributed by atoms with Crippen LogP contribution in [-0.2, 0) is 14.3 Å². The van der Waals surface area contributed by atoms with E-state index in [0.717, 1.165) is 11.4 Å². The van der Waals surface area contributed by atoms with Crippen LogP contribution >= 0.6 is 0 Å². The lowest BCUT2D eigenvalue weighted by Gasteiger charge is -2.21. The third-order valence-electron chi connectivity index (χ3n) is 3.09. The molecule has 0 aromatic heterocycles. The van der Waals surface area contributed by atoms with Crippen molar-refractivity contribution in [2.75, 3.05) is 31.7 Å². The van der Waals surface area contributed by atoms with Gasteiger partial charge in [-0.15, -0.1) is 0 Å². The van der Waals surface area contributed by atoms with Crippen molar-refractivity contribution in [2.45, 2.75) is 33.3 Å². The van der Waals surface area contributed by atoms with Gasteiger partial charge in [0.25, 0.3) is 0 Å². The minimum absolute atomic E-state index is 0.0977. The largest absolute Gasteiger partial charge is 0.491 e. The number of ether oxygens (including phenoxy) is 2. The summed E-state index contributed by atoms with van der Waals surface area (Å²) in [6, 6.07) is 7.29. The Morgan fingerprint density at radius 1 is 1.22 bits per heavy atom. The topological polar surface area (TPSA) is 67.9 Å². The van der Waals surface area contributed by atoms with Gasteiger partial charge < -0.3 is 19.7 Å². The van der Waals surface area contributed by atoms with Crippen molar-refractivity contribution in [3.8, 4) is 5.75 Å². The zero-order valence-electron chi connectivity index (χ0n) is 14.3. The van der Waals surface area contributed by atoms with Gasteiger partial charge in [-0.05, 0) is 38.1 Å². The molecular weight excluding hydrogens is 296 g/mol. The lowest BCUT2D eigenvalue weighted by atomic mass is 10.2. The average Bonchev–Trinajstić information content (AvgIpc) is 2.48. The molecule has 0 fully saturated rings. The van der Waals surface area contributed by atoms with Crippen LogP contribution in [0.4, 0.5) is 5.69 Å². The van der Waals surface area contributed by atoms with Gasteiger partial charge in [-0.1, -0.05) is 0 Å². The Bertz CT molecular complexity index is 500. The number of methoxy groups -OCH3 is 1. The van der Waals surface area contributed by atoms with Gasteiger partial charge in [0.05, 0.1) is 12.7 Å². The summed E-state index contributed by atoms with van der Waals surface area (Å²) >= 11 is 0. The first-order valence-corrected chi connectivity index (χ1v) is 7.74. The zero-order chi connectivity index (χ0) is 17.2. The van der Waals surface area contributed by atoms with E-state index < -0.39 is 0 Å². The first-order valence-electron chi connectivity index (χ1n) is 7.74. The van der Waals surface area contributed by atoms with Gasteiger partial charge >= 0.3 is 0 Å². The van der Waals surface area contributed by atoms with Crippen molar-refractivity contribution in [1.29, 1.82) is 0 Å². The molecule has 128 valence electrons. The van der Waals surface area contributed by atoms with E-state index in [9.17, 15) is 9.59 Å². The van der Waals surface area contributed by atoms with E-state index in [0.29, 0.717) is 19.7 Å². The third-order valence-corrected chi connectivity index (χ3v) is 3.09. The Labute approximate surface area is 137 Å². The summed E-state index contributed by atoms with van der Waals surface area (Å²) in [5.41, 5.74) is 0.748. The molecule has 0 aliphatic carbocycles. The molecule has 0 unspecified atom stereocenters. The van der Waals surface area contributed by atoms with E-state index in [1.54, 1.807) is 12.0 Å². The van der Waals surface area contributed by atoms with Gasteiger partial charge in [0.2, 0.25) is 11.8 Å². The number of rotatable bonds is 9. The van der Waals surface area contributed by atoms with E-state index >= 15 is 0 Å². The minimum Gasteiger partial charge on any atom is -0.491 e. The van der Waals surface area contributed by atoms with E-state index in [2.05, 4.69) is 5.32 Å². The second kappa shape index (κ2) is 9.84. The zero-order valence-corrected chi connectivity index (χ0v) is 14.3. The maximum atomic E-state index is 11.8. The molecule has 0 spiro atoms. The molecule has 0 saturated carbocycles. The number of hydrogen-bond donors (Lipinski definition) is 1. The summed E-state index contributed by atoms with van der Waals surface area (Å²) < 4.78 is 10.5. The van der Waals surface area contributed by atoms with Crippen LogP contribution in [0.15, 0.2) is 24.3 Å². The Morgan fingerprint density at radius 2 is 1.87 bits per heavy atom. The molecule has 6 nitrogen and oxygen atoms in total. The molecule has 0 atom stereocenters. The van der Waals surface area contributed by atoms with Gasteiger partial charge in [0.15, 0.2) is 0 Å². The van der Waals surface area contributed by atoms with Crippen molar-refractivity contribution in [2.24, 2.45) is 0 Å². The average molecular weight is 322 g/mol. The Kier molecular flexibility index (Phi) is 8.11. The number of anilines is 1. The maximum absolute atomic E-state index is 11.8. The summed E-state index contributed by atoms with van der Waals surface area (Å²) in [6.07, 6.45) is 0.341. The summed E-state index contributed by atoms with van der Waals surface area (Å²) in [6.45, 7) is 6.67. The van der Waals surface area contributed by atoms with Crippen LogP contribution in [0, 0.1) is 0 Å². The molecule has 2 amide bonds. The van der Waals surface area contributed by atoms with Crippen LogP contribution in [-0.4, -0.2) is 44.7 Å². The van der Waals surface area contributed by atoms with Crippen molar-refractivity contribution in [3.05, 3.63) is 24.3 Å². The molecule has 6 heteroatoms. The van der Waals surface area contributed by atoms with Crippen molar-refractivity contribution >= 4 is 17.5 Å². The van der Waals surface area contributed by atoms with Crippen LogP contribution in [0.25, 0.3) is 0 Å². The summed E-state index contributed by atoms with van der Waals surface area (Å²) in [7, 11) is 1.58. The predicted molar refractivity (Wildman–Crippen MR) is 89.7 cm³/mol. The fraction of sp³-hybridized carbons (Fsp3) is 0.529. The third kappa shape index (κ3) is 7.15. The highest BCUT2D eigenvalue weighted by Gasteiger charge is 2.13. The number of nitrogens with one attached hydrogen (secondary N) is 1. The van der Waals surface area contributed by atoms with Crippen LogP contribution < -0.4 is 15.0 Å². The number of hydrogen-bond acceptors (Lipinski definition) is 4. The lowest BCUT2D eigenvalue weighted by Crippen LogP contribution is -2.34. The van der Waals surface area contributed by atoms with Crippen LogP contribution in [0.5, 0.6) is 5.75 Å². The predicted octanol–water partition coefficient (Wildman–Crippen LogP) is 1.98. The van der Waals surface area contributed by atoms with Gasteiger partial charge in [-0.3, -0.25) is 9.59 Å². The van der Waals surface area contributed by atoms with Crippen molar-refractivity contribution in [3.63, 3.8) is 0 Å². The second-order valence-corrected chi connectivity index (χ2v) is 5.42. The SMILES string of the molecule is COCCNC(=O)CCN(C(C)=O)c1ccc(OC(C)C)cc1. The summed E-state index contributed by atoms with van der Waals surface area (Å²) in [5.74, 6) is 0.546. The van der Waals surface area contributed by atoms with Crippen LogP contribution in [0.1, 0.15) is 27.2 Å². The summed E-state index contributed by atoms with van der Waals surface area (Å²) in [4.78, 5) is 25.1. The molecule has 1 rings (SSSR count). The Morgan fingerprint density at radius 3 is 2.39 bits per heavy atom. The van der Waals surface area contributed by atoms with E-state index in [1.165, 1.54) is 6.92 Å². The lowest BCUT2D eigenvalue weighted by molar-refractivity contribution is -0.121. The van der Waals surface area contributed by atoms with E-state index in [1.807, 2.05) is 38.1 Å². The monoisotopic (exact) mass is 322 g/mol. The van der Waals surface area contributed by atoms with Crippen molar-refractivity contribution in [1.82, 2.24) is 5.32 Å². The van der Waals surface area contributed by atoms with Gasteiger partial charge in [0.1, 0.15) is 5.75 Å². The quantitative estimate of drug-likeness (QED) is 0.706. The number of carbonyl (C=O) groups is 2. The van der Waals surface area contributed by atoms with Gasteiger partial charge in [0, 0.05) is 39.2 Å². The molecule has 0 radical (unpaired) electrons. The highest BCUT2D eigenvalue weighted by molar-refractivity contribution is 5.92. The number of nitrogens with zero attached hydrogens (tertiary/aromatic N) is 1. The van der Waals surface area contributed by atoms with Crippen LogP contribution in [0.2, 0.25) is 0 Å². The Hall–Kier alpha value is -2.08. The fourth-order valence-electron chi connectivity index (χ4n) is 2.04. The first kappa shape index (κ1) is 19.0. The fourth-order valence-corrected chi connectivity index (χ4v) is 2.04. The smallest absolute Gasteiger partial charge is 0.223 e. The highest BCUT2D eigenvalue weighted by atomic mass is 16.5. The maximum Gasteiger partial charge on any atom is 0.223 e. The molecule has 0 aliphatic rings. The van der Waals surface area contributed by atoms with E-state index in [-0.39, 0.29) is 24.3 Å². The molecule has 0 bridgehead atoms. The highest BCUT2D eigenvalue weighted by Crippen LogP contribution is 2.20. The molecule has 0 aliphatic heterocycles. The number of amides is 2. The first-order chi connectivity index (χ1) is 10.9. The van der Waals surface area contributed by atoms with Crippen LogP contribution in [0.3, 0.4) is 0 Å². The summed E-state index contributed by atoms with van der Waals surface area (Å²) in [5, 5.41) is 2.74. The number of carbonyl (C=O) groups excluding carboxylic acids is 2. The minimum atomic E-state index is -0.104. The standard InChI is InChI=1S/C17H26N2O4/c1-13(2)23-16-7-5-15(6-8-16)19(14(3)20)11-9-17(21)18-10-12-22-4/h5-8,13H,9-12H2,1-4H3,(H,18,21). The molecule has 0 saturated heterocycles. The normalized spacial score (nSPS) is 10.5. The van der Waals surface area contributed by atoms with Crippen molar-refractivity contribution < 1.29 is 19.1 Å². The molecule has 1 N–H and O–H groups in total. The molecule has 23 heavy (non-hydrogen) atoms. The van der Waals surface area contributed by atoms with Gasteiger partial charge in [-0.2, -0.15) is 0 Å². The number of benzene rings is 1. The Balaban J connectivity index is 2.60. The van der Waals surface area contributed by atoms with Gasteiger partial charge in [-0.25, -0.2) is 0 Å².